The lowest BCUT2D eigenvalue weighted by atomic mass is 9.75. The Hall–Kier alpha value is -1.35. The monoisotopic (exact) mass is 286 g/mol. The fourth-order valence-electron chi connectivity index (χ4n) is 3.76. The van der Waals surface area contributed by atoms with Gasteiger partial charge < -0.3 is 10.6 Å². The quantitative estimate of drug-likeness (QED) is 0.878. The molecule has 3 heteroatoms. The van der Waals surface area contributed by atoms with E-state index in [-0.39, 0.29) is 11.9 Å². The zero-order valence-corrected chi connectivity index (χ0v) is 13.1. The highest BCUT2D eigenvalue weighted by Gasteiger charge is 2.31. The van der Waals surface area contributed by atoms with Crippen molar-refractivity contribution < 1.29 is 4.79 Å². The third-order valence-corrected chi connectivity index (χ3v) is 4.95. The number of fused-ring (bicyclic) bond motifs is 1. The molecule has 21 heavy (non-hydrogen) atoms. The lowest BCUT2D eigenvalue weighted by molar-refractivity contribution is -0.124. The summed E-state index contributed by atoms with van der Waals surface area (Å²) in [6.07, 6.45) is 5.52. The molecule has 1 unspecified atom stereocenters. The molecule has 0 aromatic heterocycles. The van der Waals surface area contributed by atoms with E-state index in [0.717, 1.165) is 25.8 Å². The van der Waals surface area contributed by atoms with Crippen LogP contribution in [0.4, 0.5) is 0 Å². The zero-order valence-electron chi connectivity index (χ0n) is 13.1. The molecule has 0 bridgehead atoms. The number of carbonyl (C=O) groups excluding carboxylic acids is 1. The third-order valence-electron chi connectivity index (χ3n) is 4.95. The van der Waals surface area contributed by atoms with E-state index in [1.807, 2.05) is 0 Å². The molecular formula is C18H26N2O. The van der Waals surface area contributed by atoms with Gasteiger partial charge >= 0.3 is 0 Å². The fraction of sp³-hybridized carbons (Fsp3) is 0.611. The Bertz CT molecular complexity index is 524. The molecule has 1 amide bonds. The van der Waals surface area contributed by atoms with Crippen LogP contribution in [-0.4, -0.2) is 18.0 Å². The second-order valence-electron chi connectivity index (χ2n) is 7.37. The van der Waals surface area contributed by atoms with Gasteiger partial charge in [0.2, 0.25) is 5.91 Å². The molecule has 1 aromatic carbocycles. The van der Waals surface area contributed by atoms with Crippen molar-refractivity contribution in [3.63, 3.8) is 0 Å². The molecule has 2 aliphatic rings. The standard InChI is InChI=1S/C18H26N2O/c1-18(2)9-5-8-15(11-18)20-17(21)16-10-13-6-3-4-7-14(13)12-19-16/h3-4,6-7,15-16,19H,5,8-12H2,1-2H3,(H,20,21)/t15?,16-/m1/s1. The van der Waals surface area contributed by atoms with Gasteiger partial charge in [-0.15, -0.1) is 0 Å². The number of carbonyl (C=O) groups is 1. The molecule has 0 spiro atoms. The van der Waals surface area contributed by atoms with Crippen LogP contribution in [0, 0.1) is 5.41 Å². The van der Waals surface area contributed by atoms with E-state index in [2.05, 4.69) is 48.7 Å². The van der Waals surface area contributed by atoms with E-state index in [0.29, 0.717) is 11.5 Å². The summed E-state index contributed by atoms with van der Waals surface area (Å²) in [6.45, 7) is 5.41. The van der Waals surface area contributed by atoms with Crippen LogP contribution in [0.25, 0.3) is 0 Å². The van der Waals surface area contributed by atoms with Gasteiger partial charge in [-0.1, -0.05) is 44.5 Å². The Morgan fingerprint density at radius 2 is 2.05 bits per heavy atom. The van der Waals surface area contributed by atoms with Gasteiger partial charge in [-0.05, 0) is 42.2 Å². The summed E-state index contributed by atoms with van der Waals surface area (Å²) in [5, 5.41) is 6.65. The summed E-state index contributed by atoms with van der Waals surface area (Å²) in [6, 6.07) is 8.67. The van der Waals surface area contributed by atoms with Gasteiger partial charge in [0.25, 0.3) is 0 Å². The van der Waals surface area contributed by atoms with Gasteiger partial charge in [-0.3, -0.25) is 4.79 Å². The van der Waals surface area contributed by atoms with Crippen molar-refractivity contribution >= 4 is 5.91 Å². The first kappa shape index (κ1) is 14.6. The number of hydrogen-bond donors (Lipinski definition) is 2. The molecule has 1 aliphatic carbocycles. The first-order valence-electron chi connectivity index (χ1n) is 8.14. The molecule has 1 aromatic rings. The number of benzene rings is 1. The molecule has 3 rings (SSSR count). The van der Waals surface area contributed by atoms with E-state index in [1.54, 1.807) is 0 Å². The summed E-state index contributed by atoms with van der Waals surface area (Å²) in [5.74, 6) is 0.173. The minimum absolute atomic E-state index is 0.0788. The van der Waals surface area contributed by atoms with Gasteiger partial charge in [-0.25, -0.2) is 0 Å². The molecular weight excluding hydrogens is 260 g/mol. The average molecular weight is 286 g/mol. The minimum Gasteiger partial charge on any atom is -0.352 e. The minimum atomic E-state index is -0.0788. The highest BCUT2D eigenvalue weighted by atomic mass is 16.2. The fourth-order valence-corrected chi connectivity index (χ4v) is 3.76. The van der Waals surface area contributed by atoms with Crippen molar-refractivity contribution in [2.75, 3.05) is 0 Å². The Morgan fingerprint density at radius 3 is 2.81 bits per heavy atom. The maximum absolute atomic E-state index is 12.5. The normalized spacial score (nSPS) is 27.7. The SMILES string of the molecule is CC1(C)CCCC(NC(=O)[C@H]2Cc3ccccc3CN2)C1. The van der Waals surface area contributed by atoms with E-state index < -0.39 is 0 Å². The Kier molecular flexibility index (Phi) is 4.03. The summed E-state index contributed by atoms with van der Waals surface area (Å²) < 4.78 is 0. The smallest absolute Gasteiger partial charge is 0.237 e. The molecule has 1 saturated carbocycles. The maximum Gasteiger partial charge on any atom is 0.237 e. The number of hydrogen-bond acceptors (Lipinski definition) is 2. The molecule has 2 N–H and O–H groups in total. The molecule has 0 saturated heterocycles. The maximum atomic E-state index is 12.5. The van der Waals surface area contributed by atoms with Crippen molar-refractivity contribution in [2.45, 2.75) is 64.6 Å². The summed E-state index contributed by atoms with van der Waals surface area (Å²) >= 11 is 0. The Balaban J connectivity index is 1.59. The van der Waals surface area contributed by atoms with E-state index in [1.165, 1.54) is 24.0 Å². The Morgan fingerprint density at radius 1 is 1.29 bits per heavy atom. The van der Waals surface area contributed by atoms with E-state index in [9.17, 15) is 4.79 Å². The first-order chi connectivity index (χ1) is 10.0. The topological polar surface area (TPSA) is 41.1 Å². The molecule has 0 radical (unpaired) electrons. The van der Waals surface area contributed by atoms with Crippen LogP contribution in [0.2, 0.25) is 0 Å². The second-order valence-corrected chi connectivity index (χ2v) is 7.37. The summed E-state index contributed by atoms with van der Waals surface area (Å²) in [5.41, 5.74) is 2.99. The first-order valence-corrected chi connectivity index (χ1v) is 8.14. The van der Waals surface area contributed by atoms with Crippen molar-refractivity contribution in [1.29, 1.82) is 0 Å². The van der Waals surface area contributed by atoms with Crippen molar-refractivity contribution in [2.24, 2.45) is 5.41 Å². The van der Waals surface area contributed by atoms with Gasteiger partial charge in [0, 0.05) is 12.6 Å². The number of nitrogens with one attached hydrogen (secondary N) is 2. The summed E-state index contributed by atoms with van der Waals surface area (Å²) in [4.78, 5) is 12.5. The number of rotatable bonds is 2. The molecule has 1 aliphatic heterocycles. The van der Waals surface area contributed by atoms with Crippen LogP contribution in [0.5, 0.6) is 0 Å². The molecule has 1 heterocycles. The van der Waals surface area contributed by atoms with Crippen LogP contribution >= 0.6 is 0 Å². The predicted octanol–water partition coefficient (Wildman–Crippen LogP) is 2.79. The van der Waals surface area contributed by atoms with Gasteiger partial charge in [0.05, 0.1) is 6.04 Å². The van der Waals surface area contributed by atoms with Gasteiger partial charge in [0.1, 0.15) is 0 Å². The van der Waals surface area contributed by atoms with Crippen LogP contribution in [-0.2, 0) is 17.8 Å². The molecule has 114 valence electrons. The lowest BCUT2D eigenvalue weighted by Gasteiger charge is -2.36. The van der Waals surface area contributed by atoms with Crippen molar-refractivity contribution in [3.05, 3.63) is 35.4 Å². The van der Waals surface area contributed by atoms with Gasteiger partial charge in [-0.2, -0.15) is 0 Å². The predicted molar refractivity (Wildman–Crippen MR) is 85.0 cm³/mol. The highest BCUT2D eigenvalue weighted by molar-refractivity contribution is 5.82. The van der Waals surface area contributed by atoms with Crippen molar-refractivity contribution in [3.8, 4) is 0 Å². The van der Waals surface area contributed by atoms with Gasteiger partial charge in [0.15, 0.2) is 0 Å². The Labute approximate surface area is 127 Å². The van der Waals surface area contributed by atoms with E-state index >= 15 is 0 Å². The van der Waals surface area contributed by atoms with Crippen LogP contribution < -0.4 is 10.6 Å². The van der Waals surface area contributed by atoms with Crippen LogP contribution in [0.1, 0.15) is 50.7 Å². The largest absolute Gasteiger partial charge is 0.352 e. The second kappa shape index (κ2) is 5.80. The highest BCUT2D eigenvalue weighted by Crippen LogP contribution is 2.35. The van der Waals surface area contributed by atoms with E-state index in [4.69, 9.17) is 0 Å². The van der Waals surface area contributed by atoms with Crippen LogP contribution in [0.15, 0.2) is 24.3 Å². The zero-order chi connectivity index (χ0) is 14.9. The van der Waals surface area contributed by atoms with Crippen LogP contribution in [0.3, 0.4) is 0 Å². The third kappa shape index (κ3) is 3.46. The average Bonchev–Trinajstić information content (AvgIpc) is 2.45. The molecule has 2 atom stereocenters. The number of amides is 1. The molecule has 3 nitrogen and oxygen atoms in total. The van der Waals surface area contributed by atoms with Crippen molar-refractivity contribution in [1.82, 2.24) is 10.6 Å². The molecule has 1 fully saturated rings. The lowest BCUT2D eigenvalue weighted by Crippen LogP contribution is -2.51. The summed E-state index contributed by atoms with van der Waals surface area (Å²) in [7, 11) is 0.